The van der Waals surface area contributed by atoms with E-state index in [2.05, 4.69) is 25.9 Å². The molecule has 0 saturated heterocycles. The van der Waals surface area contributed by atoms with Gasteiger partial charge in [0, 0.05) is 64.9 Å². The molecule has 0 aliphatic heterocycles. The van der Waals surface area contributed by atoms with Crippen LogP contribution in [0, 0.1) is 13.8 Å². The fourth-order valence-electron chi connectivity index (χ4n) is 9.95. The number of nitrogens with zero attached hydrogens (tertiary/aromatic N) is 6. The lowest BCUT2D eigenvalue weighted by molar-refractivity contribution is 0.0545. The number of rotatable bonds is 16. The Kier molecular flexibility index (Phi) is 16.2. The summed E-state index contributed by atoms with van der Waals surface area (Å²) >= 11 is 0. The monoisotopic (exact) mass is 1050 g/mol. The highest BCUT2D eigenvalue weighted by Crippen LogP contribution is 2.32. The first-order chi connectivity index (χ1) is 37.6. The minimum Gasteiger partial charge on any atom is -0.497 e. The zero-order chi connectivity index (χ0) is 55.1. The Hall–Kier alpha value is -8.96. The van der Waals surface area contributed by atoms with Crippen LogP contribution < -0.4 is 41.3 Å². The molecule has 402 valence electrons. The van der Waals surface area contributed by atoms with Crippen molar-refractivity contribution in [1.29, 1.82) is 0 Å². The van der Waals surface area contributed by atoms with Gasteiger partial charge in [0.1, 0.15) is 28.4 Å². The molecule has 1 saturated carbocycles. The van der Waals surface area contributed by atoms with Crippen LogP contribution in [0.1, 0.15) is 85.0 Å². The lowest BCUT2D eigenvalue weighted by Crippen LogP contribution is -2.41. The molecule has 17 nitrogen and oxygen atoms in total. The Morgan fingerprint density at radius 1 is 0.654 bits per heavy atom. The Morgan fingerprint density at radius 3 is 1.76 bits per heavy atom. The number of amides is 2. The SMILES string of the molecule is CCCn1c(C)c(C(=O)Nc2ccc(Nc3ccnc4cc(OC)ccc34)cc2)c(=O)n1-c1ccccc1.COc1ccc2c(O[C@H]3CC[C@H](NC(=O)c4c(C)n(CC(C)(C)O)n(-c5ccccc5)c4=O)CC3)ccnc2c1. The summed E-state index contributed by atoms with van der Waals surface area (Å²) in [5.74, 6) is 1.46. The highest BCUT2D eigenvalue weighted by molar-refractivity contribution is 6.05. The van der Waals surface area contributed by atoms with Crippen LogP contribution in [0.25, 0.3) is 33.2 Å². The fraction of sp³-hybridized carbons (Fsp3) is 0.279. The van der Waals surface area contributed by atoms with Gasteiger partial charge in [-0.25, -0.2) is 9.36 Å². The first-order valence-electron chi connectivity index (χ1n) is 26.1. The molecular formula is C61H65N9O8. The number of anilines is 3. The topological polar surface area (TPSA) is 198 Å². The molecule has 2 amide bonds. The summed E-state index contributed by atoms with van der Waals surface area (Å²) in [7, 11) is 3.26. The number of para-hydroxylation sites is 2. The van der Waals surface area contributed by atoms with Gasteiger partial charge < -0.3 is 35.3 Å². The Morgan fingerprint density at radius 2 is 1.18 bits per heavy atom. The first kappa shape index (κ1) is 53.9. The highest BCUT2D eigenvalue weighted by Gasteiger charge is 2.30. The number of methoxy groups -OCH3 is 2. The predicted molar refractivity (Wildman–Crippen MR) is 305 cm³/mol. The second-order valence-corrected chi connectivity index (χ2v) is 20.0. The highest BCUT2D eigenvalue weighted by atomic mass is 16.5. The van der Waals surface area contributed by atoms with Crippen molar-refractivity contribution >= 4 is 50.7 Å². The van der Waals surface area contributed by atoms with Crippen molar-refractivity contribution in [3.63, 3.8) is 0 Å². The van der Waals surface area contributed by atoms with E-state index in [0.717, 1.165) is 88.2 Å². The second kappa shape index (κ2) is 23.5. The maximum Gasteiger partial charge on any atom is 0.284 e. The van der Waals surface area contributed by atoms with E-state index in [1.165, 1.54) is 4.68 Å². The molecule has 0 bridgehead atoms. The van der Waals surface area contributed by atoms with Crippen LogP contribution in [0.15, 0.2) is 155 Å². The number of aliphatic hydroxyl groups is 1. The maximum atomic E-state index is 13.5. The molecule has 0 unspecified atom stereocenters. The van der Waals surface area contributed by atoms with E-state index < -0.39 is 17.1 Å². The molecule has 0 atom stereocenters. The summed E-state index contributed by atoms with van der Waals surface area (Å²) in [6.45, 7) is 9.75. The van der Waals surface area contributed by atoms with Gasteiger partial charge >= 0.3 is 0 Å². The molecule has 1 fully saturated rings. The molecule has 5 aromatic carbocycles. The molecule has 4 heterocycles. The zero-order valence-electron chi connectivity index (χ0n) is 44.9. The number of hydrogen-bond acceptors (Lipinski definition) is 11. The number of fused-ring (bicyclic) bond motifs is 2. The molecule has 4 aromatic heterocycles. The van der Waals surface area contributed by atoms with Crippen molar-refractivity contribution in [1.82, 2.24) is 34.0 Å². The van der Waals surface area contributed by atoms with E-state index >= 15 is 0 Å². The van der Waals surface area contributed by atoms with Crippen molar-refractivity contribution < 1.29 is 28.9 Å². The van der Waals surface area contributed by atoms with Crippen LogP contribution in [0.3, 0.4) is 0 Å². The number of carbonyl (C=O) groups is 2. The molecule has 0 spiro atoms. The third-order valence-electron chi connectivity index (χ3n) is 13.8. The predicted octanol–water partition coefficient (Wildman–Crippen LogP) is 10.3. The molecular weight excluding hydrogens is 987 g/mol. The minimum atomic E-state index is -1.08. The van der Waals surface area contributed by atoms with E-state index in [-0.39, 0.29) is 41.3 Å². The van der Waals surface area contributed by atoms with Crippen LogP contribution in [-0.2, 0) is 13.1 Å². The van der Waals surface area contributed by atoms with Gasteiger partial charge in [0.25, 0.3) is 22.9 Å². The van der Waals surface area contributed by atoms with Crippen LogP contribution >= 0.6 is 0 Å². The number of ether oxygens (including phenoxy) is 3. The van der Waals surface area contributed by atoms with Gasteiger partial charge in [0.15, 0.2) is 0 Å². The van der Waals surface area contributed by atoms with Crippen LogP contribution in [0.2, 0.25) is 0 Å². The lowest BCUT2D eigenvalue weighted by atomic mass is 9.92. The third kappa shape index (κ3) is 11.9. The summed E-state index contributed by atoms with van der Waals surface area (Å²) in [5, 5.41) is 21.8. The molecule has 9 aromatic rings. The summed E-state index contributed by atoms with van der Waals surface area (Å²) in [6, 6.07) is 41.1. The number of benzene rings is 5. The Balaban J connectivity index is 0.000000190. The van der Waals surface area contributed by atoms with Crippen molar-refractivity contribution in [3.8, 4) is 28.6 Å². The van der Waals surface area contributed by atoms with Crippen molar-refractivity contribution in [2.75, 3.05) is 24.9 Å². The van der Waals surface area contributed by atoms with Gasteiger partial charge in [-0.05, 0) is 145 Å². The summed E-state index contributed by atoms with van der Waals surface area (Å²) in [4.78, 5) is 62.5. The van der Waals surface area contributed by atoms with Crippen LogP contribution in [0.5, 0.6) is 17.2 Å². The average molecular weight is 1050 g/mol. The zero-order valence-corrected chi connectivity index (χ0v) is 44.9. The molecule has 17 heteroatoms. The second-order valence-electron chi connectivity index (χ2n) is 20.0. The molecule has 0 radical (unpaired) electrons. The van der Waals surface area contributed by atoms with Crippen molar-refractivity contribution in [3.05, 3.63) is 189 Å². The Bertz CT molecular complexity index is 3700. The largest absolute Gasteiger partial charge is 0.497 e. The smallest absolute Gasteiger partial charge is 0.284 e. The van der Waals surface area contributed by atoms with Crippen molar-refractivity contribution in [2.45, 2.75) is 97.6 Å². The van der Waals surface area contributed by atoms with E-state index in [0.29, 0.717) is 29.3 Å². The van der Waals surface area contributed by atoms with Gasteiger partial charge in [-0.1, -0.05) is 43.3 Å². The van der Waals surface area contributed by atoms with Crippen LogP contribution in [-0.4, -0.2) is 77.6 Å². The molecule has 4 N–H and O–H groups in total. The van der Waals surface area contributed by atoms with Gasteiger partial charge in [-0.2, -0.15) is 0 Å². The van der Waals surface area contributed by atoms with E-state index in [4.69, 9.17) is 14.2 Å². The fourth-order valence-corrected chi connectivity index (χ4v) is 9.95. The molecule has 1 aliphatic carbocycles. The standard InChI is InChI=1S/C31H36N4O5.C30H29N5O3/c1-20-28(30(37)35(22-8-6-5-7-9-22)34(20)19-31(2,3)38)29(36)33-21-10-12-23(13-11-21)40-27-16-17-32-26-18-24(39-4)14-15-25(26)27;1-4-18-34-20(2)28(30(37)35(34)23-8-6-5-7-9-23)29(36)33-22-12-10-21(11-13-22)32-26-16-17-31-27-19-24(38-3)14-15-25(26)27/h5-9,14-18,21,23,38H,10-13,19H2,1-4H3,(H,33,36);5-17,19H,4,18H2,1-3H3,(H,31,32)(H,33,36)/t21-,23-;. The number of carbonyl (C=O) groups excluding carboxylic acids is 2. The maximum absolute atomic E-state index is 13.5. The van der Waals surface area contributed by atoms with Gasteiger partial charge in [0.2, 0.25) is 0 Å². The van der Waals surface area contributed by atoms with Crippen molar-refractivity contribution in [2.24, 2.45) is 0 Å². The third-order valence-corrected chi connectivity index (χ3v) is 13.8. The quantitative estimate of drug-likeness (QED) is 0.0718. The number of nitrogens with one attached hydrogen (secondary N) is 3. The summed E-state index contributed by atoms with van der Waals surface area (Å²) in [6.07, 6.45) is 7.36. The lowest BCUT2D eigenvalue weighted by Gasteiger charge is -2.29. The van der Waals surface area contributed by atoms with Crippen LogP contribution in [0.4, 0.5) is 17.1 Å². The summed E-state index contributed by atoms with van der Waals surface area (Å²) in [5.41, 5.74) is 4.94. The van der Waals surface area contributed by atoms with E-state index in [1.807, 2.05) is 140 Å². The molecule has 10 rings (SSSR count). The van der Waals surface area contributed by atoms with Gasteiger partial charge in [-0.3, -0.25) is 38.5 Å². The van der Waals surface area contributed by atoms with E-state index in [9.17, 15) is 24.3 Å². The van der Waals surface area contributed by atoms with Gasteiger partial charge in [-0.15, -0.1) is 0 Å². The minimum absolute atomic E-state index is 0.0192. The molecule has 1 aliphatic rings. The normalized spacial score (nSPS) is 14.3. The van der Waals surface area contributed by atoms with E-state index in [1.54, 1.807) is 68.9 Å². The average Bonchev–Trinajstić information content (AvgIpc) is 3.89. The number of pyridine rings is 2. The Labute approximate surface area is 452 Å². The van der Waals surface area contributed by atoms with Gasteiger partial charge in [0.05, 0.1) is 66.3 Å². The first-order valence-corrected chi connectivity index (χ1v) is 26.1. The number of hydrogen-bond donors (Lipinski definition) is 4. The number of aromatic nitrogens is 6. The summed E-state index contributed by atoms with van der Waals surface area (Å²) < 4.78 is 23.6. The molecule has 78 heavy (non-hydrogen) atoms.